The Kier molecular flexibility index (Phi) is 18.9. The summed E-state index contributed by atoms with van der Waals surface area (Å²) < 4.78 is 4.82. The molecule has 0 spiro atoms. The second-order valence-corrected chi connectivity index (χ2v) is 25.1. The number of benzene rings is 2. The molecule has 2 aromatic rings. The summed E-state index contributed by atoms with van der Waals surface area (Å²) in [6, 6.07) is 14.1. The van der Waals surface area contributed by atoms with Crippen LogP contribution in [-0.4, -0.2) is 28.6 Å². The van der Waals surface area contributed by atoms with E-state index in [1.807, 2.05) is 0 Å². The van der Waals surface area contributed by atoms with Crippen molar-refractivity contribution in [3.05, 3.63) is 85.1 Å². The van der Waals surface area contributed by atoms with Crippen LogP contribution in [0, 0.1) is 0 Å². The van der Waals surface area contributed by atoms with Crippen molar-refractivity contribution in [2.75, 3.05) is 0 Å². The van der Waals surface area contributed by atoms with Gasteiger partial charge in [-0.2, -0.15) is 0 Å². The zero-order chi connectivity index (χ0) is 32.4. The van der Waals surface area contributed by atoms with Gasteiger partial charge < -0.3 is 15.3 Å². The van der Waals surface area contributed by atoms with Crippen molar-refractivity contribution in [1.29, 1.82) is 0 Å². The van der Waals surface area contributed by atoms with Gasteiger partial charge in [0.25, 0.3) is 0 Å². The SMILES string of the molecule is CC(CC(C)[N-]Cc1c(C(C)C)cccc1C(C)C)[N-]Cc1c(C(C)C)cccc1C(C)C.C[Si](C)(C)[N-][Si](C)(C)C.[Zn]. The van der Waals surface area contributed by atoms with Gasteiger partial charge in [0.2, 0.25) is 0 Å². The van der Waals surface area contributed by atoms with E-state index in [2.05, 4.69) is 145 Å². The van der Waals surface area contributed by atoms with Crippen molar-refractivity contribution in [3.8, 4) is 0 Å². The zero-order valence-electron chi connectivity index (χ0n) is 31.1. The van der Waals surface area contributed by atoms with Crippen LogP contribution in [0.5, 0.6) is 0 Å². The predicted molar refractivity (Wildman–Crippen MR) is 197 cm³/mol. The summed E-state index contributed by atoms with van der Waals surface area (Å²) in [6.07, 6.45) is 1.00. The fraction of sp³-hybridized carbons (Fsp3) is 0.676. The van der Waals surface area contributed by atoms with Gasteiger partial charge in [-0.25, -0.2) is 0 Å². The van der Waals surface area contributed by atoms with E-state index in [-0.39, 0.29) is 19.5 Å². The number of rotatable bonds is 14. The summed E-state index contributed by atoms with van der Waals surface area (Å²) in [4.78, 5) is 0. The van der Waals surface area contributed by atoms with Crippen molar-refractivity contribution in [1.82, 2.24) is 0 Å². The number of hydrogen-bond donors (Lipinski definition) is 0. The maximum atomic E-state index is 5.11. The van der Waals surface area contributed by atoms with Crippen LogP contribution in [0.25, 0.3) is 15.3 Å². The van der Waals surface area contributed by atoms with E-state index < -0.39 is 16.5 Å². The van der Waals surface area contributed by atoms with Gasteiger partial charge in [-0.15, -0.1) is 25.2 Å². The number of nitrogens with zero attached hydrogens (tertiary/aromatic N) is 3. The van der Waals surface area contributed by atoms with Gasteiger partial charge in [0, 0.05) is 19.5 Å². The molecular formula is C37H66N3Si2Zn-3. The third-order valence-corrected chi connectivity index (χ3v) is 12.8. The minimum absolute atomic E-state index is 0. The average molecular weight is 675 g/mol. The maximum Gasteiger partial charge on any atom is 0 e. The van der Waals surface area contributed by atoms with E-state index in [0.717, 1.165) is 19.5 Å². The summed E-state index contributed by atoms with van der Waals surface area (Å²) in [6.45, 7) is 38.2. The Morgan fingerprint density at radius 3 is 0.930 bits per heavy atom. The average Bonchev–Trinajstić information content (AvgIpc) is 2.83. The molecule has 0 N–H and O–H groups in total. The third kappa shape index (κ3) is 16.0. The van der Waals surface area contributed by atoms with Gasteiger partial charge in [-0.3, -0.25) is 0 Å². The molecule has 0 saturated heterocycles. The van der Waals surface area contributed by atoms with Gasteiger partial charge in [0.05, 0.1) is 0 Å². The normalized spacial score (nSPS) is 13.7. The van der Waals surface area contributed by atoms with Crippen LogP contribution < -0.4 is 0 Å². The van der Waals surface area contributed by atoms with Gasteiger partial charge >= 0.3 is 0 Å². The van der Waals surface area contributed by atoms with Crippen LogP contribution in [-0.2, 0) is 32.6 Å². The summed E-state index contributed by atoms with van der Waals surface area (Å²) in [5, 5.41) is 10.2. The van der Waals surface area contributed by atoms with Gasteiger partial charge in [-0.1, -0.05) is 179 Å². The van der Waals surface area contributed by atoms with Crippen molar-refractivity contribution in [2.45, 2.75) is 164 Å². The number of hydrogen-bond acceptors (Lipinski definition) is 0. The van der Waals surface area contributed by atoms with Gasteiger partial charge in [0.15, 0.2) is 0 Å². The van der Waals surface area contributed by atoms with E-state index in [4.69, 9.17) is 15.3 Å². The Balaban J connectivity index is 0.00000153. The van der Waals surface area contributed by atoms with Crippen LogP contribution in [0.2, 0.25) is 39.3 Å². The third-order valence-electron chi connectivity index (χ3n) is 7.46. The van der Waals surface area contributed by atoms with E-state index in [0.29, 0.717) is 35.8 Å². The molecule has 43 heavy (non-hydrogen) atoms. The molecule has 0 heterocycles. The van der Waals surface area contributed by atoms with E-state index in [1.54, 1.807) is 0 Å². The first-order valence-electron chi connectivity index (χ1n) is 16.5. The molecule has 2 atom stereocenters. The molecule has 0 fully saturated rings. The molecule has 0 bridgehead atoms. The molecule has 0 radical (unpaired) electrons. The molecular weight excluding hydrogens is 608 g/mol. The Labute approximate surface area is 283 Å². The maximum absolute atomic E-state index is 5.11. The molecule has 242 valence electrons. The summed E-state index contributed by atoms with van der Waals surface area (Å²) in [5.41, 5.74) is 8.66. The van der Waals surface area contributed by atoms with Crippen LogP contribution in [0.15, 0.2) is 36.4 Å². The van der Waals surface area contributed by atoms with Crippen molar-refractivity contribution < 1.29 is 19.5 Å². The molecule has 3 nitrogen and oxygen atoms in total. The summed E-state index contributed by atoms with van der Waals surface area (Å²) in [7, 11) is -2.21. The van der Waals surface area contributed by atoms with Crippen molar-refractivity contribution >= 4 is 16.5 Å². The predicted octanol–water partition coefficient (Wildman–Crippen LogP) is 12.8. The quantitative estimate of drug-likeness (QED) is 0.179. The minimum Gasteiger partial charge on any atom is -0.668 e. The van der Waals surface area contributed by atoms with Gasteiger partial charge in [-0.05, 0) is 45.9 Å². The molecule has 2 rings (SSSR count). The monoisotopic (exact) mass is 672 g/mol. The zero-order valence-corrected chi connectivity index (χ0v) is 36.1. The first-order chi connectivity index (χ1) is 19.2. The molecule has 0 amide bonds. The fourth-order valence-electron chi connectivity index (χ4n) is 5.92. The van der Waals surface area contributed by atoms with E-state index in [1.165, 1.54) is 33.4 Å². The molecule has 0 saturated carbocycles. The van der Waals surface area contributed by atoms with Crippen LogP contribution in [0.1, 0.15) is 133 Å². The first kappa shape index (κ1) is 42.4. The Morgan fingerprint density at radius 2 is 0.744 bits per heavy atom. The summed E-state index contributed by atoms with van der Waals surface area (Å²) in [5.74, 6) is 2.09. The van der Waals surface area contributed by atoms with Crippen molar-refractivity contribution in [2.24, 2.45) is 0 Å². The second kappa shape index (κ2) is 19.1. The molecule has 2 unspecified atom stereocenters. The van der Waals surface area contributed by atoms with Crippen LogP contribution >= 0.6 is 0 Å². The van der Waals surface area contributed by atoms with Gasteiger partial charge in [0.1, 0.15) is 0 Å². The molecule has 6 heteroatoms. The second-order valence-electron chi connectivity index (χ2n) is 15.5. The summed E-state index contributed by atoms with van der Waals surface area (Å²) >= 11 is 0. The standard InChI is InChI=1S/C31H48N2.C6H18NSi2.Zn/c1-20(2)26-13-11-14-27(21(3)4)30(26)18-32-24(9)17-25(10)33-19-31-28(22(5)6)15-12-16-29(31)23(7)8;1-8(2,3)7-9(4,5)6;/h11-16,20-25H,17-19H2,1-10H3;1-6H3;/q-2;-1;. The Bertz CT molecular complexity index is 933. The van der Waals surface area contributed by atoms with Crippen LogP contribution in [0.4, 0.5) is 0 Å². The largest absolute Gasteiger partial charge is 0.668 e. The molecule has 0 aliphatic heterocycles. The van der Waals surface area contributed by atoms with Crippen LogP contribution in [0.3, 0.4) is 0 Å². The first-order valence-corrected chi connectivity index (χ1v) is 23.4. The Morgan fingerprint density at radius 1 is 0.488 bits per heavy atom. The van der Waals surface area contributed by atoms with E-state index in [9.17, 15) is 0 Å². The minimum atomic E-state index is -1.11. The topological polar surface area (TPSA) is 42.3 Å². The molecule has 0 aliphatic carbocycles. The smallest absolute Gasteiger partial charge is 0 e. The molecule has 0 aliphatic rings. The molecule has 0 aromatic heterocycles. The van der Waals surface area contributed by atoms with Crippen molar-refractivity contribution in [3.63, 3.8) is 0 Å². The molecule has 2 aromatic carbocycles. The van der Waals surface area contributed by atoms with E-state index >= 15 is 0 Å². The Hall–Kier alpha value is -0.623. The fourth-order valence-corrected chi connectivity index (χ4v) is 14.0.